The first-order chi connectivity index (χ1) is 17.2. The van der Waals surface area contributed by atoms with E-state index in [1.807, 2.05) is 36.4 Å². The molecule has 1 aliphatic heterocycles. The topological polar surface area (TPSA) is 96.5 Å². The first-order valence-corrected chi connectivity index (χ1v) is 12.4. The van der Waals surface area contributed by atoms with Gasteiger partial charge in [-0.1, -0.05) is 12.1 Å². The number of aromatic nitrogens is 2. The molecule has 1 aromatic carbocycles. The predicted octanol–water partition coefficient (Wildman–Crippen LogP) is 4.12. The Morgan fingerprint density at radius 2 is 1.86 bits per heavy atom. The summed E-state index contributed by atoms with van der Waals surface area (Å²) in [6, 6.07) is 18.0. The van der Waals surface area contributed by atoms with Gasteiger partial charge in [0.15, 0.2) is 5.78 Å². The highest BCUT2D eigenvalue weighted by Gasteiger charge is 2.12. The minimum Gasteiger partial charge on any atom is -0.378 e. The van der Waals surface area contributed by atoms with Crippen LogP contribution in [0.4, 0.5) is 16.3 Å². The first-order valence-electron chi connectivity index (χ1n) is 11.4. The van der Waals surface area contributed by atoms with Crippen LogP contribution in [0.3, 0.4) is 0 Å². The summed E-state index contributed by atoms with van der Waals surface area (Å²) in [5, 5.41) is 6.51. The molecule has 0 bridgehead atoms. The fraction of sp³-hybridized carbons (Fsp3) is 0.231. The second-order valence-corrected chi connectivity index (χ2v) is 8.81. The SMILES string of the molecule is O=C(NCCSc1ccccn1)Nc1ccc(C(=O)C=Cc2cccc(N3CCOCC3)n2)cc1. The summed E-state index contributed by atoms with van der Waals surface area (Å²) in [4.78, 5) is 35.7. The van der Waals surface area contributed by atoms with Gasteiger partial charge in [0.2, 0.25) is 0 Å². The van der Waals surface area contributed by atoms with Crippen LogP contribution in [-0.2, 0) is 4.74 Å². The lowest BCUT2D eigenvalue weighted by molar-refractivity contribution is 0.104. The fourth-order valence-corrected chi connectivity index (χ4v) is 4.13. The lowest BCUT2D eigenvalue weighted by Crippen LogP contribution is -2.36. The highest BCUT2D eigenvalue weighted by atomic mass is 32.2. The number of ketones is 1. The second kappa shape index (κ2) is 12.7. The van der Waals surface area contributed by atoms with Gasteiger partial charge >= 0.3 is 6.03 Å². The van der Waals surface area contributed by atoms with Crippen LogP contribution in [0, 0.1) is 0 Å². The van der Waals surface area contributed by atoms with Gasteiger partial charge in [-0.3, -0.25) is 4.79 Å². The number of allylic oxidation sites excluding steroid dienone is 1. The van der Waals surface area contributed by atoms with Crippen molar-refractivity contribution in [1.29, 1.82) is 0 Å². The standard InChI is InChI=1S/C26H27N5O3S/c32-23(12-11-21-4-3-5-24(29-21)31-15-17-34-18-16-31)20-7-9-22(10-8-20)30-26(33)28-14-19-35-25-6-1-2-13-27-25/h1-13H,14-19H2,(H2,28,30,33). The van der Waals surface area contributed by atoms with Gasteiger partial charge in [-0.15, -0.1) is 11.8 Å². The first kappa shape index (κ1) is 24.4. The highest BCUT2D eigenvalue weighted by Crippen LogP contribution is 2.16. The maximum atomic E-state index is 12.6. The molecule has 2 amide bonds. The number of urea groups is 1. The number of rotatable bonds is 9. The highest BCUT2D eigenvalue weighted by molar-refractivity contribution is 7.99. The van der Waals surface area contributed by atoms with Gasteiger partial charge in [0.25, 0.3) is 0 Å². The Hall–Kier alpha value is -3.69. The Labute approximate surface area is 208 Å². The second-order valence-electron chi connectivity index (χ2n) is 7.69. The van der Waals surface area contributed by atoms with Crippen molar-refractivity contribution in [2.45, 2.75) is 5.03 Å². The number of hydrogen-bond acceptors (Lipinski definition) is 7. The van der Waals surface area contributed by atoms with Crippen LogP contribution >= 0.6 is 11.8 Å². The number of carbonyl (C=O) groups is 2. The zero-order valence-corrected chi connectivity index (χ0v) is 20.0. The number of amides is 2. The molecule has 35 heavy (non-hydrogen) atoms. The zero-order chi connectivity index (χ0) is 24.3. The van der Waals surface area contributed by atoms with E-state index in [9.17, 15) is 9.59 Å². The number of anilines is 2. The molecule has 3 aromatic rings. The minimum absolute atomic E-state index is 0.133. The van der Waals surface area contributed by atoms with Crippen molar-refractivity contribution < 1.29 is 14.3 Å². The summed E-state index contributed by atoms with van der Waals surface area (Å²) in [5.74, 6) is 1.46. The van der Waals surface area contributed by atoms with Crippen molar-refractivity contribution in [1.82, 2.24) is 15.3 Å². The molecule has 4 rings (SSSR count). The molecule has 2 aromatic heterocycles. The van der Waals surface area contributed by atoms with Gasteiger partial charge in [0.05, 0.1) is 23.9 Å². The zero-order valence-electron chi connectivity index (χ0n) is 19.2. The van der Waals surface area contributed by atoms with Crippen LogP contribution in [0.1, 0.15) is 16.1 Å². The van der Waals surface area contributed by atoms with Gasteiger partial charge in [-0.25, -0.2) is 14.8 Å². The Bertz CT molecular complexity index is 1150. The Morgan fingerprint density at radius 1 is 1.03 bits per heavy atom. The number of ether oxygens (including phenoxy) is 1. The molecule has 3 heterocycles. The molecule has 0 aliphatic carbocycles. The van der Waals surface area contributed by atoms with E-state index in [1.165, 1.54) is 6.08 Å². The number of thioether (sulfide) groups is 1. The van der Waals surface area contributed by atoms with Crippen molar-refractivity contribution in [2.75, 3.05) is 48.8 Å². The number of pyridine rings is 2. The molecule has 0 radical (unpaired) electrons. The third-order valence-electron chi connectivity index (χ3n) is 5.20. The van der Waals surface area contributed by atoms with Crippen molar-refractivity contribution in [3.8, 4) is 0 Å². The minimum atomic E-state index is -0.295. The van der Waals surface area contributed by atoms with E-state index >= 15 is 0 Å². The number of benzene rings is 1. The fourth-order valence-electron chi connectivity index (χ4n) is 3.40. The van der Waals surface area contributed by atoms with Crippen molar-refractivity contribution in [3.05, 3.63) is 84.2 Å². The molecular weight excluding hydrogens is 462 g/mol. The molecule has 1 fully saturated rings. The Morgan fingerprint density at radius 3 is 2.63 bits per heavy atom. The van der Waals surface area contributed by atoms with Crippen molar-refractivity contribution >= 4 is 41.2 Å². The molecule has 1 aliphatic rings. The quantitative estimate of drug-likeness (QED) is 0.202. The monoisotopic (exact) mass is 489 g/mol. The summed E-state index contributed by atoms with van der Waals surface area (Å²) in [7, 11) is 0. The van der Waals surface area contributed by atoms with Gasteiger partial charge in [0.1, 0.15) is 5.82 Å². The van der Waals surface area contributed by atoms with Crippen LogP contribution in [0.15, 0.2) is 78.0 Å². The average Bonchev–Trinajstić information content (AvgIpc) is 2.91. The Balaban J connectivity index is 1.24. The third-order valence-corrected chi connectivity index (χ3v) is 6.14. The van der Waals surface area contributed by atoms with Crippen molar-refractivity contribution in [2.24, 2.45) is 0 Å². The normalized spacial score (nSPS) is 13.5. The maximum absolute atomic E-state index is 12.6. The number of morpholine rings is 1. The van der Waals surface area contributed by atoms with Gasteiger partial charge in [-0.05, 0) is 60.7 Å². The number of nitrogens with zero attached hydrogens (tertiary/aromatic N) is 3. The van der Waals surface area contributed by atoms with Crippen LogP contribution in [0.25, 0.3) is 6.08 Å². The van der Waals surface area contributed by atoms with E-state index in [2.05, 4.69) is 25.5 Å². The van der Waals surface area contributed by atoms with E-state index < -0.39 is 0 Å². The lowest BCUT2D eigenvalue weighted by atomic mass is 10.1. The molecule has 180 valence electrons. The molecule has 0 spiro atoms. The molecule has 1 saturated heterocycles. The van der Waals surface area contributed by atoms with Crippen LogP contribution in [0.5, 0.6) is 0 Å². The summed E-state index contributed by atoms with van der Waals surface area (Å²) < 4.78 is 5.39. The molecule has 0 unspecified atom stereocenters. The molecule has 8 nitrogen and oxygen atoms in total. The van der Waals surface area contributed by atoms with Crippen molar-refractivity contribution in [3.63, 3.8) is 0 Å². The van der Waals surface area contributed by atoms with Gasteiger partial charge in [0, 0.05) is 42.8 Å². The van der Waals surface area contributed by atoms with E-state index in [0.717, 1.165) is 29.6 Å². The van der Waals surface area contributed by atoms with E-state index in [4.69, 9.17) is 4.74 Å². The number of nitrogens with one attached hydrogen (secondary N) is 2. The van der Waals surface area contributed by atoms with Crippen LogP contribution in [-0.4, -0.2) is 60.4 Å². The molecule has 9 heteroatoms. The van der Waals surface area contributed by atoms with Gasteiger partial charge in [-0.2, -0.15) is 0 Å². The smallest absolute Gasteiger partial charge is 0.319 e. The number of carbonyl (C=O) groups excluding carboxylic acids is 2. The molecule has 2 N–H and O–H groups in total. The molecular formula is C26H27N5O3S. The van der Waals surface area contributed by atoms with E-state index in [1.54, 1.807) is 48.3 Å². The molecule has 0 saturated carbocycles. The molecule has 0 atom stereocenters. The Kier molecular flexibility index (Phi) is 8.85. The van der Waals surface area contributed by atoms with Gasteiger partial charge < -0.3 is 20.3 Å². The summed E-state index contributed by atoms with van der Waals surface area (Å²) in [5.41, 5.74) is 1.86. The summed E-state index contributed by atoms with van der Waals surface area (Å²) >= 11 is 1.58. The lowest BCUT2D eigenvalue weighted by Gasteiger charge is -2.27. The van der Waals surface area contributed by atoms with E-state index in [0.29, 0.717) is 36.8 Å². The van der Waals surface area contributed by atoms with Crippen LogP contribution in [0.2, 0.25) is 0 Å². The average molecular weight is 490 g/mol. The predicted molar refractivity (Wildman–Crippen MR) is 139 cm³/mol. The summed E-state index contributed by atoms with van der Waals surface area (Å²) in [6.07, 6.45) is 4.97. The third kappa shape index (κ3) is 7.66. The maximum Gasteiger partial charge on any atom is 0.319 e. The van der Waals surface area contributed by atoms with E-state index in [-0.39, 0.29) is 11.8 Å². The number of hydrogen-bond donors (Lipinski definition) is 2. The largest absolute Gasteiger partial charge is 0.378 e. The summed E-state index contributed by atoms with van der Waals surface area (Å²) in [6.45, 7) is 3.51. The van der Waals surface area contributed by atoms with Crippen LogP contribution < -0.4 is 15.5 Å².